The van der Waals surface area contributed by atoms with Gasteiger partial charge in [0.1, 0.15) is 5.75 Å². The summed E-state index contributed by atoms with van der Waals surface area (Å²) >= 11 is 1.44. The molecule has 31 heavy (non-hydrogen) atoms. The van der Waals surface area contributed by atoms with Crippen molar-refractivity contribution < 1.29 is 30.8 Å². The molecule has 1 N–H and O–H groups in total. The van der Waals surface area contributed by atoms with Gasteiger partial charge in [-0.1, -0.05) is 63.4 Å². The molecule has 0 aliphatic carbocycles. The Kier molecular flexibility index (Phi) is 22.3. The van der Waals surface area contributed by atoms with E-state index in [0.717, 1.165) is 48.1 Å². The van der Waals surface area contributed by atoms with Gasteiger partial charge in [-0.25, -0.2) is 4.98 Å². The van der Waals surface area contributed by atoms with Gasteiger partial charge in [0.2, 0.25) is 5.91 Å². The van der Waals surface area contributed by atoms with Crippen molar-refractivity contribution in [1.82, 2.24) is 4.98 Å². The van der Waals surface area contributed by atoms with Crippen LogP contribution in [0.4, 0.5) is 5.13 Å². The van der Waals surface area contributed by atoms with Gasteiger partial charge in [-0.15, -0.1) is 0 Å². The van der Waals surface area contributed by atoms with Crippen LogP contribution in [-0.4, -0.2) is 23.8 Å². The number of benzene rings is 1. The minimum Gasteiger partial charge on any atom is -0.542 e. The van der Waals surface area contributed by atoms with Gasteiger partial charge >= 0.3 is 16.5 Å². The largest absolute Gasteiger partial charge is 3.00 e. The second-order valence-corrected chi connectivity index (χ2v) is 7.67. The van der Waals surface area contributed by atoms with E-state index in [1.165, 1.54) is 37.5 Å². The van der Waals surface area contributed by atoms with Crippen molar-refractivity contribution in [2.24, 2.45) is 0 Å². The van der Waals surface area contributed by atoms with Crippen molar-refractivity contribution in [1.29, 1.82) is 0 Å². The zero-order chi connectivity index (χ0) is 22.6. The van der Waals surface area contributed by atoms with Gasteiger partial charge in [0.05, 0.1) is 16.8 Å². The van der Waals surface area contributed by atoms with E-state index in [1.807, 2.05) is 31.4 Å². The molecule has 1 amide bonds. The molecule has 0 unspecified atom stereocenters. The predicted molar refractivity (Wildman–Crippen MR) is 129 cm³/mol. The van der Waals surface area contributed by atoms with Crippen LogP contribution < -0.4 is 10.1 Å². The number of nitrogens with one attached hydrogen (secondary N) is 1. The molecule has 0 aliphatic rings. The molecule has 0 atom stereocenters. The first-order valence-electron chi connectivity index (χ1n) is 10.8. The van der Waals surface area contributed by atoms with Crippen molar-refractivity contribution >= 4 is 38.9 Å². The summed E-state index contributed by atoms with van der Waals surface area (Å²) in [5.74, 6) is 0.715. The number of anilines is 1. The standard InChI is InChI=1S/C14H17N2O2S.C7H13O.C3H7.Ni/c1-3-4-5-9-18-12-8-6-7-11-13(12)19-14(16-11)15-10(2)17;1-2-3-4-5-6-7-8;1-3-2;/h6-8H,1,3-5,9H2,2H3,(H,15,16,17);2-6H2,1H3;1,3H2,2H3;/q3*-1;+3. The summed E-state index contributed by atoms with van der Waals surface area (Å²) in [4.78, 5) is 25.0. The molecular formula is C24H37N2NiO3S. The zero-order valence-corrected chi connectivity index (χ0v) is 20.9. The van der Waals surface area contributed by atoms with Crippen molar-refractivity contribution in [2.75, 3.05) is 11.9 Å². The molecule has 0 aliphatic heterocycles. The molecule has 1 radical (unpaired) electrons. The number of ether oxygens (including phenoxy) is 1. The van der Waals surface area contributed by atoms with Crippen LogP contribution in [0.15, 0.2) is 18.2 Å². The van der Waals surface area contributed by atoms with Crippen molar-refractivity contribution in [3.8, 4) is 5.75 Å². The number of nitrogens with zero attached hydrogens (tertiary/aromatic N) is 1. The molecule has 0 bridgehead atoms. The first-order valence-corrected chi connectivity index (χ1v) is 11.6. The number of carbonyl (C=O) groups excluding carboxylic acids is 2. The Bertz CT molecular complexity index is 707. The zero-order valence-electron chi connectivity index (χ0n) is 19.1. The van der Waals surface area contributed by atoms with E-state index >= 15 is 0 Å². The van der Waals surface area contributed by atoms with Crippen molar-refractivity contribution in [3.63, 3.8) is 0 Å². The average molecular weight is 492 g/mol. The number of rotatable bonds is 11. The summed E-state index contributed by atoms with van der Waals surface area (Å²) in [6, 6.07) is 5.76. The summed E-state index contributed by atoms with van der Waals surface area (Å²) in [5, 5.41) is 3.31. The maximum Gasteiger partial charge on any atom is 3.00 e. The summed E-state index contributed by atoms with van der Waals surface area (Å²) in [6.07, 6.45) is 11.2. The monoisotopic (exact) mass is 491 g/mol. The minimum absolute atomic E-state index is 0. The Balaban J connectivity index is 0. The Morgan fingerprint density at radius 3 is 2.45 bits per heavy atom. The molecule has 0 spiro atoms. The smallest absolute Gasteiger partial charge is 0.542 e. The minimum atomic E-state index is -0.114. The van der Waals surface area contributed by atoms with E-state index in [2.05, 4.69) is 31.1 Å². The van der Waals surface area contributed by atoms with E-state index < -0.39 is 0 Å². The second-order valence-electron chi connectivity index (χ2n) is 6.67. The fraction of sp³-hybridized carbons (Fsp3) is 0.542. The van der Waals surface area contributed by atoms with Crippen molar-refractivity contribution in [3.05, 3.63) is 32.0 Å². The number of unbranched alkanes of at least 4 members (excludes halogenated alkanes) is 6. The van der Waals surface area contributed by atoms with Crippen LogP contribution in [0.5, 0.6) is 5.75 Å². The first-order chi connectivity index (χ1) is 14.5. The summed E-state index contributed by atoms with van der Waals surface area (Å²) < 4.78 is 6.74. The Labute approximate surface area is 202 Å². The molecular weight excluding hydrogens is 455 g/mol. The number of hydrogen-bond donors (Lipinski definition) is 1. The molecule has 0 saturated heterocycles. The number of aromatic nitrogens is 1. The van der Waals surface area contributed by atoms with Crippen LogP contribution in [0.2, 0.25) is 0 Å². The van der Waals surface area contributed by atoms with Gasteiger partial charge in [-0.3, -0.25) is 11.1 Å². The summed E-state index contributed by atoms with van der Waals surface area (Å²) in [7, 11) is 0. The summed E-state index contributed by atoms with van der Waals surface area (Å²) in [5.41, 5.74) is 0.850. The number of hydrogen-bond acceptors (Lipinski definition) is 5. The quantitative estimate of drug-likeness (QED) is 0.210. The number of amides is 1. The van der Waals surface area contributed by atoms with Gasteiger partial charge in [-0.2, -0.15) is 19.3 Å². The van der Waals surface area contributed by atoms with Crippen LogP contribution >= 0.6 is 11.3 Å². The third-order valence-corrected chi connectivity index (χ3v) is 4.70. The maximum absolute atomic E-state index is 11.0. The van der Waals surface area contributed by atoms with E-state index in [4.69, 9.17) is 4.74 Å². The maximum atomic E-state index is 11.0. The number of carbonyl (C=O) groups is 1. The van der Waals surface area contributed by atoms with Crippen LogP contribution in [0.25, 0.3) is 10.2 Å². The Morgan fingerprint density at radius 1 is 1.16 bits per heavy atom. The molecule has 177 valence electrons. The Morgan fingerprint density at radius 2 is 1.87 bits per heavy atom. The molecule has 5 nitrogen and oxygen atoms in total. The third-order valence-electron chi connectivity index (χ3n) is 3.70. The average Bonchev–Trinajstić information content (AvgIpc) is 3.12. The molecule has 0 fully saturated rings. The van der Waals surface area contributed by atoms with Crippen molar-refractivity contribution in [2.45, 2.75) is 78.6 Å². The topological polar surface area (TPSA) is 68.3 Å². The molecule has 0 saturated carbocycles. The number of thiazole rings is 1. The van der Waals surface area contributed by atoms with Gasteiger partial charge in [0.25, 0.3) is 0 Å². The first kappa shape index (κ1) is 31.7. The van der Waals surface area contributed by atoms with Gasteiger partial charge in [0.15, 0.2) is 5.13 Å². The normalized spacial score (nSPS) is 9.45. The van der Waals surface area contributed by atoms with Crippen LogP contribution in [0, 0.1) is 13.8 Å². The SMILES string of the molecule is CCCCCC[C-]=O.[CH2-]CC.[CH2-]CCCCOc1cccc2nc(NC(C)=O)sc12.[Ni+3]. The molecule has 1 aromatic heterocycles. The Hall–Kier alpha value is -1.46. The molecule has 2 aromatic rings. The van der Waals surface area contributed by atoms with Crippen LogP contribution in [0.3, 0.4) is 0 Å². The van der Waals surface area contributed by atoms with Gasteiger partial charge in [0, 0.05) is 6.92 Å². The van der Waals surface area contributed by atoms with Crippen LogP contribution in [-0.2, 0) is 26.1 Å². The fourth-order valence-electron chi connectivity index (χ4n) is 2.33. The van der Waals surface area contributed by atoms with Gasteiger partial charge in [-0.05, 0) is 18.6 Å². The van der Waals surface area contributed by atoms with E-state index in [1.54, 1.807) is 0 Å². The summed E-state index contributed by atoms with van der Waals surface area (Å²) in [6.45, 7) is 13.6. The number of fused-ring (bicyclic) bond motifs is 1. The molecule has 1 aromatic carbocycles. The van der Waals surface area contributed by atoms with E-state index in [9.17, 15) is 9.59 Å². The third kappa shape index (κ3) is 15.9. The van der Waals surface area contributed by atoms with Gasteiger partial charge < -0.3 is 28.7 Å². The van der Waals surface area contributed by atoms with E-state index in [0.29, 0.717) is 18.2 Å². The van der Waals surface area contributed by atoms with E-state index in [-0.39, 0.29) is 22.4 Å². The molecule has 7 heteroatoms. The predicted octanol–water partition coefficient (Wildman–Crippen LogP) is 6.93. The van der Waals surface area contributed by atoms with Crippen LogP contribution in [0.1, 0.15) is 78.6 Å². The molecule has 1 heterocycles. The fourth-order valence-corrected chi connectivity index (χ4v) is 3.30. The molecule has 2 rings (SSSR count). The second kappa shape index (κ2) is 21.8.